The molecule has 7 nitrogen and oxygen atoms in total. The SMILES string of the molecule is CC[C@H]1[C@H]2[C@H](C)Oc3nc(Cl)c(F)c4cc(C5CCC(=O)N5)nc(c34)N2CC(C)N1C. The van der Waals surface area contributed by atoms with Crippen LogP contribution in [0.25, 0.3) is 10.8 Å². The Balaban J connectivity index is 1.76. The van der Waals surface area contributed by atoms with E-state index in [-0.39, 0.29) is 41.3 Å². The maximum atomic E-state index is 15.2. The molecule has 166 valence electrons. The molecule has 1 N–H and O–H groups in total. The maximum absolute atomic E-state index is 15.2. The van der Waals surface area contributed by atoms with Crippen LogP contribution in [0.5, 0.6) is 5.88 Å². The number of fused-ring (bicyclic) bond motifs is 2. The van der Waals surface area contributed by atoms with Gasteiger partial charge in [0.05, 0.1) is 23.2 Å². The molecule has 3 aliphatic heterocycles. The zero-order chi connectivity index (χ0) is 22.0. The van der Waals surface area contributed by atoms with Crippen molar-refractivity contribution in [2.75, 3.05) is 18.5 Å². The molecule has 2 unspecified atom stereocenters. The van der Waals surface area contributed by atoms with Crippen LogP contribution in [0.15, 0.2) is 6.07 Å². The predicted octanol–water partition coefficient (Wildman–Crippen LogP) is 3.44. The molecule has 5 atom stereocenters. The Hall–Kier alpha value is -2.19. The Morgan fingerprint density at radius 3 is 2.81 bits per heavy atom. The summed E-state index contributed by atoms with van der Waals surface area (Å²) in [5.41, 5.74) is 0.647. The van der Waals surface area contributed by atoms with Crippen LogP contribution < -0.4 is 15.0 Å². The zero-order valence-electron chi connectivity index (χ0n) is 18.2. The van der Waals surface area contributed by atoms with Crippen molar-refractivity contribution >= 4 is 34.1 Å². The summed E-state index contributed by atoms with van der Waals surface area (Å²) in [6, 6.07) is 1.99. The number of pyridine rings is 2. The lowest BCUT2D eigenvalue weighted by Crippen LogP contribution is -2.65. The fourth-order valence-corrected chi connectivity index (χ4v) is 5.61. The minimum atomic E-state index is -0.585. The van der Waals surface area contributed by atoms with Crippen molar-refractivity contribution in [2.24, 2.45) is 0 Å². The van der Waals surface area contributed by atoms with Crippen molar-refractivity contribution < 1.29 is 13.9 Å². The van der Waals surface area contributed by atoms with E-state index < -0.39 is 5.82 Å². The molecular formula is C22H27ClFN5O2. The lowest BCUT2D eigenvalue weighted by atomic mass is 9.92. The fourth-order valence-electron chi connectivity index (χ4n) is 5.43. The number of aromatic nitrogens is 2. The molecule has 9 heteroatoms. The normalized spacial score (nSPS) is 30.7. The molecule has 3 aliphatic rings. The molecule has 1 amide bonds. The number of hydrogen-bond donors (Lipinski definition) is 1. The number of carbonyl (C=O) groups excluding carboxylic acids is 1. The Morgan fingerprint density at radius 2 is 2.13 bits per heavy atom. The molecule has 0 spiro atoms. The number of nitrogens with zero attached hydrogens (tertiary/aromatic N) is 4. The molecule has 0 bridgehead atoms. The van der Waals surface area contributed by atoms with Gasteiger partial charge >= 0.3 is 0 Å². The van der Waals surface area contributed by atoms with E-state index in [1.807, 2.05) is 6.92 Å². The van der Waals surface area contributed by atoms with Gasteiger partial charge in [-0.3, -0.25) is 9.69 Å². The molecule has 2 aromatic heterocycles. The van der Waals surface area contributed by atoms with Crippen molar-refractivity contribution in [3.05, 3.63) is 22.7 Å². The summed E-state index contributed by atoms with van der Waals surface area (Å²) in [5, 5.41) is 3.63. The van der Waals surface area contributed by atoms with Crippen molar-refractivity contribution in [1.29, 1.82) is 0 Å². The Labute approximate surface area is 185 Å². The second kappa shape index (κ2) is 7.45. The standard InChI is InChI=1S/C22H27ClFN5O2/c1-5-15-19-11(3)31-22-17-12(18(24)20(23)27-22)8-14(13-6-7-16(30)25-13)26-21(17)29(19)9-10(2)28(15)4/h8,10-11,13,15,19H,5-7,9H2,1-4H3,(H,25,30)/t10?,11-,13?,15-,19+/m0/s1. The van der Waals surface area contributed by atoms with Gasteiger partial charge in [0.2, 0.25) is 11.8 Å². The second-order valence-electron chi connectivity index (χ2n) is 8.93. The number of piperazine rings is 1. The summed E-state index contributed by atoms with van der Waals surface area (Å²) in [4.78, 5) is 25.7. The first-order valence-electron chi connectivity index (χ1n) is 10.9. The van der Waals surface area contributed by atoms with Gasteiger partial charge in [0, 0.05) is 30.4 Å². The first-order valence-corrected chi connectivity index (χ1v) is 11.3. The Bertz CT molecular complexity index is 1070. The van der Waals surface area contributed by atoms with Gasteiger partial charge in [-0.25, -0.2) is 9.37 Å². The highest BCUT2D eigenvalue weighted by molar-refractivity contribution is 6.30. The molecule has 5 rings (SSSR count). The summed E-state index contributed by atoms with van der Waals surface area (Å²) < 4.78 is 21.5. The largest absolute Gasteiger partial charge is 0.472 e. The first-order chi connectivity index (χ1) is 14.8. The van der Waals surface area contributed by atoms with Crippen LogP contribution in [0, 0.1) is 5.82 Å². The van der Waals surface area contributed by atoms with Gasteiger partial charge in [0.25, 0.3) is 0 Å². The van der Waals surface area contributed by atoms with Crippen LogP contribution in [0.4, 0.5) is 10.2 Å². The number of carbonyl (C=O) groups is 1. The van der Waals surface area contributed by atoms with E-state index in [9.17, 15) is 4.79 Å². The molecule has 0 aliphatic carbocycles. The molecule has 0 radical (unpaired) electrons. The van der Waals surface area contributed by atoms with Crippen molar-refractivity contribution in [1.82, 2.24) is 20.2 Å². The maximum Gasteiger partial charge on any atom is 0.227 e. The van der Waals surface area contributed by atoms with Gasteiger partial charge in [0.1, 0.15) is 11.9 Å². The number of amides is 1. The summed E-state index contributed by atoms with van der Waals surface area (Å²) in [5.74, 6) is 0.386. The average molecular weight is 448 g/mol. The highest BCUT2D eigenvalue weighted by Gasteiger charge is 2.45. The monoisotopic (exact) mass is 447 g/mol. The van der Waals surface area contributed by atoms with Crippen LogP contribution >= 0.6 is 11.6 Å². The minimum absolute atomic E-state index is 0.0132. The smallest absolute Gasteiger partial charge is 0.227 e. The molecule has 2 aromatic rings. The number of halogens is 2. The highest BCUT2D eigenvalue weighted by Crippen LogP contribution is 2.44. The third-order valence-corrected chi connectivity index (χ3v) is 7.36. The van der Waals surface area contributed by atoms with Gasteiger partial charge in [0.15, 0.2) is 11.0 Å². The summed E-state index contributed by atoms with van der Waals surface area (Å²) in [7, 11) is 2.14. The summed E-state index contributed by atoms with van der Waals surface area (Å²) in [6.45, 7) is 7.12. The lowest BCUT2D eigenvalue weighted by Gasteiger charge is -2.51. The third kappa shape index (κ3) is 3.14. The highest BCUT2D eigenvalue weighted by atomic mass is 35.5. The van der Waals surface area contributed by atoms with Crippen molar-refractivity contribution in [3.8, 4) is 5.88 Å². The quantitative estimate of drug-likeness (QED) is 0.711. The molecule has 0 saturated carbocycles. The van der Waals surface area contributed by atoms with Crippen LogP contribution in [0.3, 0.4) is 0 Å². The molecular weight excluding hydrogens is 421 g/mol. The number of likely N-dealkylation sites (N-methyl/N-ethyl adjacent to an activating group) is 1. The summed E-state index contributed by atoms with van der Waals surface area (Å²) >= 11 is 6.16. The zero-order valence-corrected chi connectivity index (χ0v) is 18.9. The van der Waals surface area contributed by atoms with Crippen LogP contribution in [-0.4, -0.2) is 58.6 Å². The topological polar surface area (TPSA) is 70.6 Å². The van der Waals surface area contributed by atoms with Gasteiger partial charge in [-0.1, -0.05) is 18.5 Å². The van der Waals surface area contributed by atoms with E-state index in [1.165, 1.54) is 0 Å². The summed E-state index contributed by atoms with van der Waals surface area (Å²) in [6.07, 6.45) is 1.82. The third-order valence-electron chi connectivity index (χ3n) is 7.11. The minimum Gasteiger partial charge on any atom is -0.472 e. The number of rotatable bonds is 2. The molecule has 2 saturated heterocycles. The second-order valence-corrected chi connectivity index (χ2v) is 9.29. The Kier molecular flexibility index (Phi) is 4.97. The van der Waals surface area contributed by atoms with Gasteiger partial charge < -0.3 is 15.0 Å². The fraction of sp³-hybridized carbons (Fsp3) is 0.591. The number of anilines is 1. The Morgan fingerprint density at radius 1 is 1.35 bits per heavy atom. The van der Waals surface area contributed by atoms with Gasteiger partial charge in [-0.05, 0) is 39.8 Å². The number of ether oxygens (including phenoxy) is 1. The number of hydrogen-bond acceptors (Lipinski definition) is 6. The molecule has 2 fully saturated rings. The van der Waals surface area contributed by atoms with E-state index >= 15 is 4.39 Å². The molecule has 31 heavy (non-hydrogen) atoms. The predicted molar refractivity (Wildman–Crippen MR) is 117 cm³/mol. The van der Waals surface area contributed by atoms with E-state index in [2.05, 4.69) is 41.0 Å². The lowest BCUT2D eigenvalue weighted by molar-refractivity contribution is -0.119. The average Bonchev–Trinajstić information content (AvgIpc) is 3.14. The first kappa shape index (κ1) is 20.7. The van der Waals surface area contributed by atoms with Gasteiger partial charge in [-0.15, -0.1) is 0 Å². The van der Waals surface area contributed by atoms with Crippen LogP contribution in [0.2, 0.25) is 5.15 Å². The van der Waals surface area contributed by atoms with Crippen molar-refractivity contribution in [2.45, 2.75) is 70.3 Å². The van der Waals surface area contributed by atoms with E-state index in [0.29, 0.717) is 41.0 Å². The van der Waals surface area contributed by atoms with E-state index in [1.54, 1.807) is 6.07 Å². The van der Waals surface area contributed by atoms with Gasteiger partial charge in [-0.2, -0.15) is 4.98 Å². The molecule has 0 aromatic carbocycles. The van der Waals surface area contributed by atoms with E-state index in [4.69, 9.17) is 21.3 Å². The van der Waals surface area contributed by atoms with Crippen LogP contribution in [-0.2, 0) is 4.79 Å². The van der Waals surface area contributed by atoms with Crippen LogP contribution in [0.1, 0.15) is 51.8 Å². The number of nitrogens with one attached hydrogen (secondary N) is 1. The van der Waals surface area contributed by atoms with Crippen molar-refractivity contribution in [3.63, 3.8) is 0 Å². The molecule has 5 heterocycles. The van der Waals surface area contributed by atoms with E-state index in [0.717, 1.165) is 13.0 Å².